The van der Waals surface area contributed by atoms with Gasteiger partial charge >= 0.3 is 0 Å². The van der Waals surface area contributed by atoms with E-state index in [0.29, 0.717) is 45.8 Å². The zero-order chi connectivity index (χ0) is 31.6. The smallest absolute Gasteiger partial charge is 0.240 e. The Morgan fingerprint density at radius 2 is 1.49 bits per heavy atom. The standard InChI is InChI=1S/C37H41FN4O3/c1-28(43)42-21-7-20-40(25-30-12-16-33(38)17-13-30)22-23-41(26-32-10-5-6-11-36(32)42)37(44)35(39)24-29-14-18-34(19-15-29)45-27-31-8-3-2-4-9-31/h2-6,8-19,35H,7,20-27,39H2,1H3/t35-/m0/s1. The van der Waals surface area contributed by atoms with Crippen LogP contribution in [0.15, 0.2) is 103 Å². The molecule has 1 aliphatic heterocycles. The van der Waals surface area contributed by atoms with Gasteiger partial charge in [-0.25, -0.2) is 4.39 Å². The highest BCUT2D eigenvalue weighted by molar-refractivity contribution is 5.92. The second-order valence-electron chi connectivity index (χ2n) is 11.5. The normalized spacial score (nSPS) is 15.1. The number of hydrogen-bond acceptors (Lipinski definition) is 5. The summed E-state index contributed by atoms with van der Waals surface area (Å²) in [7, 11) is 0. The maximum atomic E-state index is 13.9. The van der Waals surface area contributed by atoms with Crippen LogP contribution in [0.2, 0.25) is 0 Å². The number of halogens is 1. The number of nitrogens with zero attached hydrogens (tertiary/aromatic N) is 3. The summed E-state index contributed by atoms with van der Waals surface area (Å²) in [5, 5.41) is 0. The number of carbonyl (C=O) groups excluding carboxylic acids is 2. The van der Waals surface area contributed by atoms with Crippen LogP contribution in [0.3, 0.4) is 0 Å². The second-order valence-corrected chi connectivity index (χ2v) is 11.5. The fraction of sp³-hybridized carbons (Fsp3) is 0.297. The van der Waals surface area contributed by atoms with Gasteiger partial charge in [0.05, 0.1) is 6.04 Å². The van der Waals surface area contributed by atoms with Gasteiger partial charge in [-0.15, -0.1) is 0 Å². The van der Waals surface area contributed by atoms with E-state index in [1.807, 2.05) is 83.8 Å². The molecule has 0 fully saturated rings. The molecule has 0 unspecified atom stereocenters. The van der Waals surface area contributed by atoms with E-state index in [-0.39, 0.29) is 17.6 Å². The number of rotatable bonds is 8. The number of ether oxygens (including phenoxy) is 1. The molecule has 0 radical (unpaired) electrons. The third-order valence-electron chi connectivity index (χ3n) is 8.14. The minimum Gasteiger partial charge on any atom is -0.489 e. The number of anilines is 1. The average Bonchev–Trinajstić information content (AvgIpc) is 3.09. The van der Waals surface area contributed by atoms with Crippen molar-refractivity contribution in [1.29, 1.82) is 0 Å². The van der Waals surface area contributed by atoms with E-state index < -0.39 is 6.04 Å². The van der Waals surface area contributed by atoms with E-state index in [4.69, 9.17) is 10.5 Å². The summed E-state index contributed by atoms with van der Waals surface area (Å²) in [6.07, 6.45) is 1.14. The van der Waals surface area contributed by atoms with Gasteiger partial charge in [0.15, 0.2) is 0 Å². The monoisotopic (exact) mass is 608 g/mol. The van der Waals surface area contributed by atoms with Gasteiger partial charge in [0.1, 0.15) is 18.2 Å². The summed E-state index contributed by atoms with van der Waals surface area (Å²) in [6.45, 7) is 5.36. The molecule has 0 saturated heterocycles. The molecule has 0 aromatic heterocycles. The Kier molecular flexibility index (Phi) is 11.0. The van der Waals surface area contributed by atoms with Crippen molar-refractivity contribution in [2.45, 2.75) is 45.5 Å². The molecule has 5 rings (SSSR count). The predicted molar refractivity (Wildman–Crippen MR) is 175 cm³/mol. The minimum atomic E-state index is -0.743. The van der Waals surface area contributed by atoms with Gasteiger partial charge in [0, 0.05) is 51.9 Å². The number of benzene rings is 4. The Balaban J connectivity index is 1.31. The number of carbonyl (C=O) groups is 2. The quantitative estimate of drug-likeness (QED) is 0.283. The van der Waals surface area contributed by atoms with Crippen LogP contribution >= 0.6 is 0 Å². The Morgan fingerprint density at radius 1 is 0.800 bits per heavy atom. The first-order valence-electron chi connectivity index (χ1n) is 15.5. The van der Waals surface area contributed by atoms with E-state index >= 15 is 0 Å². The Morgan fingerprint density at radius 3 is 2.22 bits per heavy atom. The molecule has 0 saturated carbocycles. The first-order valence-corrected chi connectivity index (χ1v) is 15.5. The molecule has 7 nitrogen and oxygen atoms in total. The maximum Gasteiger partial charge on any atom is 0.240 e. The lowest BCUT2D eigenvalue weighted by Gasteiger charge is -2.30. The fourth-order valence-corrected chi connectivity index (χ4v) is 5.70. The third kappa shape index (κ3) is 9.00. The first kappa shape index (κ1) is 31.9. The minimum absolute atomic E-state index is 0.0439. The molecular weight excluding hydrogens is 567 g/mol. The summed E-state index contributed by atoms with van der Waals surface area (Å²) >= 11 is 0. The van der Waals surface area contributed by atoms with Crippen LogP contribution in [0.1, 0.15) is 35.6 Å². The van der Waals surface area contributed by atoms with Crippen molar-refractivity contribution in [1.82, 2.24) is 9.80 Å². The summed E-state index contributed by atoms with van der Waals surface area (Å²) in [5.74, 6) is 0.288. The van der Waals surface area contributed by atoms with E-state index in [9.17, 15) is 14.0 Å². The van der Waals surface area contributed by atoms with Crippen LogP contribution in [0.25, 0.3) is 0 Å². The topological polar surface area (TPSA) is 79.1 Å². The lowest BCUT2D eigenvalue weighted by molar-refractivity contribution is -0.133. The van der Waals surface area contributed by atoms with E-state index in [1.165, 1.54) is 12.1 Å². The Labute approximate surface area is 265 Å². The first-order chi connectivity index (χ1) is 21.9. The van der Waals surface area contributed by atoms with E-state index in [2.05, 4.69) is 4.90 Å². The molecule has 1 aliphatic rings. The summed E-state index contributed by atoms with van der Waals surface area (Å²) in [4.78, 5) is 32.5. The van der Waals surface area contributed by atoms with Gasteiger partial charge in [-0.2, -0.15) is 0 Å². The van der Waals surface area contributed by atoms with Crippen molar-refractivity contribution in [3.05, 3.63) is 131 Å². The van der Waals surface area contributed by atoms with Crippen molar-refractivity contribution < 1.29 is 18.7 Å². The van der Waals surface area contributed by atoms with Crippen LogP contribution in [0.4, 0.5) is 10.1 Å². The van der Waals surface area contributed by atoms with Crippen LogP contribution in [0.5, 0.6) is 5.75 Å². The van der Waals surface area contributed by atoms with Crippen LogP contribution < -0.4 is 15.4 Å². The van der Waals surface area contributed by atoms with Crippen LogP contribution in [-0.2, 0) is 35.7 Å². The molecule has 0 bridgehead atoms. The number of nitrogens with two attached hydrogens (primary N) is 1. The van der Waals surface area contributed by atoms with Gasteiger partial charge in [-0.05, 0) is 65.4 Å². The SMILES string of the molecule is CC(=O)N1CCCN(Cc2ccc(F)cc2)CCN(C(=O)[C@@H](N)Cc2ccc(OCc3ccccc3)cc2)Cc2ccccc21. The summed E-state index contributed by atoms with van der Waals surface area (Å²) in [5.41, 5.74) is 11.3. The highest BCUT2D eigenvalue weighted by Gasteiger charge is 2.25. The lowest BCUT2D eigenvalue weighted by atomic mass is 10.0. The van der Waals surface area contributed by atoms with Gasteiger partial charge in [-0.3, -0.25) is 14.5 Å². The van der Waals surface area contributed by atoms with E-state index in [1.54, 1.807) is 24.0 Å². The Hall–Kier alpha value is -4.53. The molecule has 1 heterocycles. The number of amides is 2. The third-order valence-corrected chi connectivity index (χ3v) is 8.14. The van der Waals surface area contributed by atoms with Crippen LogP contribution in [0, 0.1) is 5.82 Å². The lowest BCUT2D eigenvalue weighted by Crippen LogP contribution is -2.47. The molecule has 1 atom stereocenters. The number of fused-ring (bicyclic) bond motifs is 1. The van der Waals surface area contributed by atoms with Gasteiger partial charge in [-0.1, -0.05) is 72.8 Å². The average molecular weight is 609 g/mol. The molecule has 4 aromatic carbocycles. The predicted octanol–water partition coefficient (Wildman–Crippen LogP) is 5.56. The van der Waals surface area contributed by atoms with E-state index in [0.717, 1.165) is 46.7 Å². The molecule has 8 heteroatoms. The number of hydrogen-bond donors (Lipinski definition) is 1. The fourth-order valence-electron chi connectivity index (χ4n) is 5.70. The molecule has 45 heavy (non-hydrogen) atoms. The summed E-state index contributed by atoms with van der Waals surface area (Å²) < 4.78 is 19.5. The maximum absolute atomic E-state index is 13.9. The highest BCUT2D eigenvalue weighted by Crippen LogP contribution is 2.24. The van der Waals surface area contributed by atoms with Crippen molar-refractivity contribution in [3.8, 4) is 5.75 Å². The van der Waals surface area contributed by atoms with Crippen molar-refractivity contribution in [2.24, 2.45) is 5.73 Å². The van der Waals surface area contributed by atoms with Gasteiger partial charge < -0.3 is 20.3 Å². The van der Waals surface area contributed by atoms with Gasteiger partial charge in [0.2, 0.25) is 11.8 Å². The van der Waals surface area contributed by atoms with Gasteiger partial charge in [0.25, 0.3) is 0 Å². The molecular formula is C37H41FN4O3. The number of para-hydroxylation sites is 1. The van der Waals surface area contributed by atoms with Crippen molar-refractivity contribution in [3.63, 3.8) is 0 Å². The zero-order valence-corrected chi connectivity index (χ0v) is 25.8. The zero-order valence-electron chi connectivity index (χ0n) is 25.8. The van der Waals surface area contributed by atoms with Crippen molar-refractivity contribution in [2.75, 3.05) is 31.1 Å². The summed E-state index contributed by atoms with van der Waals surface area (Å²) in [6, 6.07) is 31.2. The molecule has 2 N–H and O–H groups in total. The Bertz CT molecular complexity index is 1550. The molecule has 234 valence electrons. The van der Waals surface area contributed by atoms with Crippen molar-refractivity contribution >= 4 is 17.5 Å². The highest BCUT2D eigenvalue weighted by atomic mass is 19.1. The largest absolute Gasteiger partial charge is 0.489 e. The molecule has 0 spiro atoms. The molecule has 0 aliphatic carbocycles. The molecule has 4 aromatic rings. The second kappa shape index (κ2) is 15.5. The molecule has 2 amide bonds. The van der Waals surface area contributed by atoms with Crippen LogP contribution in [-0.4, -0.2) is 53.8 Å².